The van der Waals surface area contributed by atoms with Crippen molar-refractivity contribution in [1.29, 1.82) is 0 Å². The first kappa shape index (κ1) is 24.0. The molecule has 0 aliphatic carbocycles. The minimum absolute atomic E-state index is 0.150. The normalized spacial score (nSPS) is 20.3. The second-order valence-corrected chi connectivity index (χ2v) is 10.2. The number of fused-ring (bicyclic) bond motifs is 4. The van der Waals surface area contributed by atoms with Gasteiger partial charge < -0.3 is 24.9 Å². The van der Waals surface area contributed by atoms with Gasteiger partial charge in [0.15, 0.2) is 23.1 Å². The summed E-state index contributed by atoms with van der Waals surface area (Å²) in [6.07, 6.45) is -0.326. The highest BCUT2D eigenvalue weighted by atomic mass is 32.2. The van der Waals surface area contributed by atoms with Crippen molar-refractivity contribution < 1.29 is 28.2 Å². The lowest BCUT2D eigenvalue weighted by Crippen LogP contribution is -2.64. The molecule has 3 aliphatic rings. The van der Waals surface area contributed by atoms with E-state index >= 15 is 4.39 Å². The summed E-state index contributed by atoms with van der Waals surface area (Å²) in [6.45, 7) is 0.580. The van der Waals surface area contributed by atoms with Gasteiger partial charge >= 0.3 is 0 Å². The van der Waals surface area contributed by atoms with E-state index in [2.05, 4.69) is 5.43 Å². The summed E-state index contributed by atoms with van der Waals surface area (Å²) in [5.41, 5.74) is 4.16. The van der Waals surface area contributed by atoms with E-state index in [-0.39, 0.29) is 48.1 Å². The molecule has 0 spiro atoms. The van der Waals surface area contributed by atoms with Crippen molar-refractivity contribution in [2.24, 2.45) is 0 Å². The molecule has 0 saturated carbocycles. The fourth-order valence-electron chi connectivity index (χ4n) is 5.29. The molecule has 1 aromatic heterocycles. The molecule has 37 heavy (non-hydrogen) atoms. The maximum absolute atomic E-state index is 15.1. The Morgan fingerprint density at radius 3 is 2.81 bits per heavy atom. The second kappa shape index (κ2) is 9.16. The summed E-state index contributed by atoms with van der Waals surface area (Å²) >= 11 is 1.41. The molecule has 0 radical (unpaired) electrons. The quantitative estimate of drug-likeness (QED) is 0.541. The molecule has 1 fully saturated rings. The second-order valence-electron chi connectivity index (χ2n) is 9.18. The number of nitrogens with one attached hydrogen (secondary N) is 1. The largest absolute Gasteiger partial charge is 0.502 e. The Kier molecular flexibility index (Phi) is 5.93. The third kappa shape index (κ3) is 3.80. The zero-order valence-electron chi connectivity index (χ0n) is 19.8. The lowest BCUT2D eigenvalue weighted by Gasteiger charge is -2.46. The van der Waals surface area contributed by atoms with Gasteiger partial charge in [0.1, 0.15) is 6.17 Å². The van der Waals surface area contributed by atoms with E-state index in [9.17, 15) is 19.1 Å². The van der Waals surface area contributed by atoms with Crippen molar-refractivity contribution in [1.82, 2.24) is 9.58 Å². The Morgan fingerprint density at radius 1 is 1.19 bits per heavy atom. The third-order valence-electron chi connectivity index (χ3n) is 7.00. The van der Waals surface area contributed by atoms with Crippen molar-refractivity contribution in [3.05, 3.63) is 80.6 Å². The monoisotopic (exact) mass is 527 g/mol. The summed E-state index contributed by atoms with van der Waals surface area (Å²) in [7, 11) is 1.50. The van der Waals surface area contributed by atoms with Gasteiger partial charge in [0.25, 0.3) is 5.91 Å². The van der Waals surface area contributed by atoms with Crippen LogP contribution in [0, 0.1) is 11.6 Å². The molecule has 6 rings (SSSR count). The number of methoxy groups -OCH3 is 1. The molecular formula is C26H23F2N3O5S. The van der Waals surface area contributed by atoms with E-state index in [1.165, 1.54) is 28.4 Å². The molecule has 3 aliphatic heterocycles. The van der Waals surface area contributed by atoms with Gasteiger partial charge in [-0.15, -0.1) is 11.8 Å². The van der Waals surface area contributed by atoms with Crippen molar-refractivity contribution in [3.63, 3.8) is 0 Å². The van der Waals surface area contributed by atoms with Gasteiger partial charge in [-0.1, -0.05) is 18.2 Å². The van der Waals surface area contributed by atoms with E-state index in [0.29, 0.717) is 12.0 Å². The van der Waals surface area contributed by atoms with Crippen LogP contribution in [0.25, 0.3) is 11.3 Å². The third-order valence-corrected chi connectivity index (χ3v) is 8.14. The SMILES string of the molecule is COCC1COC[C@H]2Nn3c(-c4cc(F)c(F)c5c4Cc4ccccc4SC5)cc(=O)c(O)c3C(=O)N12. The smallest absolute Gasteiger partial charge is 0.278 e. The van der Waals surface area contributed by atoms with Crippen LogP contribution in [0.5, 0.6) is 5.75 Å². The number of carbonyl (C=O) groups excluding carboxylic acids is 1. The number of carbonyl (C=O) groups is 1. The van der Waals surface area contributed by atoms with Crippen molar-refractivity contribution in [3.8, 4) is 17.0 Å². The number of halogens is 2. The molecule has 2 aromatic carbocycles. The molecule has 8 nitrogen and oxygen atoms in total. The molecule has 1 saturated heterocycles. The van der Waals surface area contributed by atoms with Gasteiger partial charge in [-0.05, 0) is 29.7 Å². The van der Waals surface area contributed by atoms with E-state index in [0.717, 1.165) is 22.6 Å². The number of hydrogen-bond donors (Lipinski definition) is 2. The van der Waals surface area contributed by atoms with Crippen molar-refractivity contribution >= 4 is 17.7 Å². The van der Waals surface area contributed by atoms with Crippen LogP contribution >= 0.6 is 11.8 Å². The van der Waals surface area contributed by atoms with Gasteiger partial charge in [-0.25, -0.2) is 13.5 Å². The van der Waals surface area contributed by atoms with E-state index in [1.807, 2.05) is 24.3 Å². The Bertz CT molecular complexity index is 1490. The van der Waals surface area contributed by atoms with Crippen LogP contribution in [0.15, 0.2) is 46.1 Å². The summed E-state index contributed by atoms with van der Waals surface area (Å²) in [5.74, 6) is -3.09. The lowest BCUT2D eigenvalue weighted by molar-refractivity contribution is -0.0556. The molecule has 3 aromatic rings. The van der Waals surface area contributed by atoms with Gasteiger partial charge in [0.2, 0.25) is 5.43 Å². The zero-order valence-corrected chi connectivity index (χ0v) is 20.6. The van der Waals surface area contributed by atoms with Gasteiger partial charge in [0, 0.05) is 35.0 Å². The number of thioether (sulfide) groups is 1. The topological polar surface area (TPSA) is 93.0 Å². The number of rotatable bonds is 3. The molecule has 2 atom stereocenters. The van der Waals surface area contributed by atoms with Gasteiger partial charge in [0.05, 0.1) is 31.6 Å². The highest BCUT2D eigenvalue weighted by Gasteiger charge is 2.43. The molecule has 4 heterocycles. The summed E-state index contributed by atoms with van der Waals surface area (Å²) in [6, 6.07) is 9.38. The maximum Gasteiger partial charge on any atom is 0.278 e. The number of nitrogens with zero attached hydrogens (tertiary/aromatic N) is 2. The Morgan fingerprint density at radius 2 is 2.00 bits per heavy atom. The van der Waals surface area contributed by atoms with Gasteiger partial charge in [-0.3, -0.25) is 9.59 Å². The van der Waals surface area contributed by atoms with Gasteiger partial charge in [-0.2, -0.15) is 0 Å². The van der Waals surface area contributed by atoms with Crippen molar-refractivity contribution in [2.45, 2.75) is 29.3 Å². The molecule has 1 amide bonds. The first-order chi connectivity index (χ1) is 17.9. The Labute approximate surface area is 214 Å². The van der Waals surface area contributed by atoms with E-state index in [1.54, 1.807) is 0 Å². The number of ether oxygens (including phenoxy) is 2. The molecular weight excluding hydrogens is 504 g/mol. The van der Waals surface area contributed by atoms with Crippen LogP contribution in [0.2, 0.25) is 0 Å². The predicted octanol–water partition coefficient (Wildman–Crippen LogP) is 3.07. The van der Waals surface area contributed by atoms with Crippen LogP contribution in [-0.4, -0.2) is 59.7 Å². The minimum atomic E-state index is -1.06. The highest BCUT2D eigenvalue weighted by molar-refractivity contribution is 7.98. The molecule has 192 valence electrons. The number of pyridine rings is 1. The predicted molar refractivity (Wildman–Crippen MR) is 132 cm³/mol. The van der Waals surface area contributed by atoms with Crippen molar-refractivity contribution in [2.75, 3.05) is 32.4 Å². The number of amides is 1. The summed E-state index contributed by atoms with van der Waals surface area (Å²) < 4.78 is 42.2. The molecule has 0 bridgehead atoms. The number of morpholine rings is 1. The van der Waals surface area contributed by atoms with Crippen LogP contribution in [-0.2, 0) is 21.6 Å². The van der Waals surface area contributed by atoms with Crippen LogP contribution in [0.1, 0.15) is 27.2 Å². The average Bonchev–Trinajstić information content (AvgIpc) is 3.09. The molecule has 2 N–H and O–H groups in total. The highest BCUT2D eigenvalue weighted by Crippen LogP contribution is 2.40. The zero-order chi connectivity index (χ0) is 25.8. The summed E-state index contributed by atoms with van der Waals surface area (Å²) in [4.78, 5) is 29.0. The first-order valence-corrected chi connectivity index (χ1v) is 12.7. The fraction of sp³-hybridized carbons (Fsp3) is 0.308. The van der Waals surface area contributed by atoms with Crippen LogP contribution in [0.3, 0.4) is 0 Å². The number of hydrogen-bond acceptors (Lipinski definition) is 7. The molecule has 1 unspecified atom stereocenters. The fourth-order valence-corrected chi connectivity index (χ4v) is 6.39. The van der Waals surface area contributed by atoms with E-state index in [4.69, 9.17) is 9.47 Å². The standard InChI is InChI=1S/C26H23F2N3O5S/c1-35-9-14-10-36-11-22-29-31-19(8-20(32)25(33)24(31)26(34)30(14)22)16-7-18(27)23(28)17-12-37-21-5-3-2-4-13(21)6-15(16)17/h2-5,7-8,14,22,29,33H,6,9-12H2,1H3/t14?,22-/m0/s1. The lowest BCUT2D eigenvalue weighted by atomic mass is 9.92. The Balaban J connectivity index is 1.57. The Hall–Kier alpha value is -3.41. The maximum atomic E-state index is 15.1. The molecule has 11 heteroatoms. The van der Waals surface area contributed by atoms with Crippen LogP contribution in [0.4, 0.5) is 8.78 Å². The summed E-state index contributed by atoms with van der Waals surface area (Å²) in [5, 5.41) is 10.7. The van der Waals surface area contributed by atoms with Crippen LogP contribution < -0.4 is 10.9 Å². The van der Waals surface area contributed by atoms with E-state index < -0.39 is 40.9 Å². The number of benzene rings is 2. The first-order valence-electron chi connectivity index (χ1n) is 11.7. The number of aromatic hydroxyl groups is 1. The average molecular weight is 528 g/mol. The minimum Gasteiger partial charge on any atom is -0.502 e. The number of aromatic nitrogens is 1.